The van der Waals surface area contributed by atoms with Crippen molar-refractivity contribution < 1.29 is 24.2 Å². The molecule has 2 aliphatic heterocycles. The maximum atomic E-state index is 14.4. The van der Waals surface area contributed by atoms with E-state index in [-0.39, 0.29) is 59.7 Å². The van der Waals surface area contributed by atoms with E-state index in [1.807, 2.05) is 44.2 Å². The van der Waals surface area contributed by atoms with Crippen LogP contribution in [0.3, 0.4) is 0 Å². The smallest absolute Gasteiger partial charge is 0.664 e. The third kappa shape index (κ3) is 9.77. The minimum atomic E-state index is -1.41. The third-order valence-corrected chi connectivity index (χ3v) is 13.0. The minimum Gasteiger partial charge on any atom is -0.664 e. The summed E-state index contributed by atoms with van der Waals surface area (Å²) in [6.45, 7) is 23.6. The van der Waals surface area contributed by atoms with Gasteiger partial charge in [-0.25, -0.2) is 0 Å². The van der Waals surface area contributed by atoms with E-state index in [1.165, 1.54) is 38.4 Å². The van der Waals surface area contributed by atoms with E-state index in [1.54, 1.807) is 0 Å². The SMILES string of the molecule is C=Cc1c2[n-]c(c1C)/C=C1\[N-]/C(=C3\c4[n-]c(c(C)c4C(=O)[C@@H]3C(O)OC)/C=c3\[n-]/c(c(C)c3CC)=C\2)[C@@H](CCC(=O)OC/C=C(/C)CCC[C@H](C)CCCC(C)C)[C@@H]1C.[Mg+2]. The van der Waals surface area contributed by atoms with Gasteiger partial charge in [-0.2, -0.15) is 11.4 Å². The number of aromatic nitrogens is 3. The molecule has 9 nitrogen and oxygen atoms in total. The van der Waals surface area contributed by atoms with Crippen molar-refractivity contribution in [1.29, 1.82) is 0 Å². The topological polar surface area (TPSA) is 129 Å². The van der Waals surface area contributed by atoms with E-state index in [9.17, 15) is 14.7 Å². The summed E-state index contributed by atoms with van der Waals surface area (Å²) in [4.78, 5) is 43.0. The van der Waals surface area contributed by atoms with Crippen LogP contribution in [0, 0.1) is 50.4 Å². The Morgan fingerprint density at radius 1 is 0.933 bits per heavy atom. The van der Waals surface area contributed by atoms with E-state index in [0.29, 0.717) is 34.6 Å². The molecule has 10 heteroatoms. The molecule has 318 valence electrons. The molecule has 1 N–H and O–H groups in total. The van der Waals surface area contributed by atoms with E-state index < -0.39 is 12.2 Å². The number of ether oxygens (including phenoxy) is 2. The van der Waals surface area contributed by atoms with E-state index in [2.05, 4.69) is 55.0 Å². The van der Waals surface area contributed by atoms with Crippen LogP contribution in [0.25, 0.3) is 35.2 Å². The average Bonchev–Trinajstić information content (AvgIpc) is 3.94. The summed E-state index contributed by atoms with van der Waals surface area (Å²) in [7, 11) is 1.39. The van der Waals surface area contributed by atoms with Crippen LogP contribution in [0.1, 0.15) is 154 Å². The van der Waals surface area contributed by atoms with Gasteiger partial charge in [-0.15, -0.1) is 33.5 Å². The van der Waals surface area contributed by atoms with Gasteiger partial charge in [0.2, 0.25) is 0 Å². The molecule has 1 saturated heterocycles. The number of fused-ring (bicyclic) bond motifs is 7. The van der Waals surface area contributed by atoms with Crippen molar-refractivity contribution in [2.24, 2.45) is 29.6 Å². The first kappa shape index (κ1) is 47.2. The predicted octanol–water partition coefficient (Wildman–Crippen LogP) is 8.35. The summed E-state index contributed by atoms with van der Waals surface area (Å²) >= 11 is 0. The Morgan fingerprint density at radius 2 is 1.63 bits per heavy atom. The Balaban J connectivity index is 0.00000683. The van der Waals surface area contributed by atoms with Crippen LogP contribution in [0.2, 0.25) is 0 Å². The zero-order valence-corrected chi connectivity index (χ0v) is 39.1. The molecule has 1 fully saturated rings. The minimum absolute atomic E-state index is 0. The summed E-state index contributed by atoms with van der Waals surface area (Å²) in [5.41, 5.74) is 11.2. The number of carbonyl (C=O) groups is 2. The van der Waals surface area contributed by atoms with Crippen LogP contribution in [-0.2, 0) is 20.7 Å². The number of rotatable bonds is 17. The Labute approximate surface area is 373 Å². The number of methoxy groups -OCH3 is 1. The number of allylic oxidation sites excluding steroid dienone is 3. The van der Waals surface area contributed by atoms with E-state index >= 15 is 0 Å². The molecule has 3 aromatic rings. The molecule has 6 rings (SSSR count). The number of nitrogens with zero attached hydrogens (tertiary/aromatic N) is 4. The molecule has 60 heavy (non-hydrogen) atoms. The zero-order valence-electron chi connectivity index (χ0n) is 37.7. The molecular weight excluding hydrogens is 761 g/mol. The van der Waals surface area contributed by atoms with Gasteiger partial charge < -0.3 is 34.8 Å². The van der Waals surface area contributed by atoms with Gasteiger partial charge in [-0.3, -0.25) is 9.59 Å². The molecule has 5 heterocycles. The van der Waals surface area contributed by atoms with Gasteiger partial charge in [0.25, 0.3) is 0 Å². The van der Waals surface area contributed by atoms with Crippen LogP contribution in [0.15, 0.2) is 29.6 Å². The first-order chi connectivity index (χ1) is 28.2. The van der Waals surface area contributed by atoms with Crippen LogP contribution in [-0.4, -0.2) is 59.9 Å². The molecule has 3 aromatic heterocycles. The fraction of sp³-hybridized carbons (Fsp3) is 0.520. The van der Waals surface area contributed by atoms with Gasteiger partial charge in [-0.05, 0) is 88.7 Å². The van der Waals surface area contributed by atoms with E-state index in [0.717, 1.165) is 86.7 Å². The van der Waals surface area contributed by atoms with Crippen molar-refractivity contribution >= 4 is 64.7 Å². The number of Topliss-reactive ketones (excluding diaryl/α,β-unsaturated/α-hetero) is 1. The van der Waals surface area contributed by atoms with Crippen molar-refractivity contribution in [3.63, 3.8) is 0 Å². The van der Waals surface area contributed by atoms with Crippen molar-refractivity contribution in [1.82, 2.24) is 15.0 Å². The van der Waals surface area contributed by atoms with Crippen molar-refractivity contribution in [2.45, 2.75) is 126 Å². The fourth-order valence-electron chi connectivity index (χ4n) is 9.22. The van der Waals surface area contributed by atoms with Crippen LogP contribution in [0.5, 0.6) is 0 Å². The summed E-state index contributed by atoms with van der Waals surface area (Å²) in [5.74, 6) is -0.511. The van der Waals surface area contributed by atoms with Gasteiger partial charge >= 0.3 is 29.0 Å². The number of aliphatic hydroxyl groups excluding tert-OH is 1. The fourth-order valence-corrected chi connectivity index (χ4v) is 9.22. The van der Waals surface area contributed by atoms with Crippen molar-refractivity contribution in [3.05, 3.63) is 102 Å². The van der Waals surface area contributed by atoms with Crippen molar-refractivity contribution in [2.75, 3.05) is 13.7 Å². The van der Waals surface area contributed by atoms with Gasteiger partial charge in [-0.1, -0.05) is 125 Å². The molecule has 0 saturated carbocycles. The Morgan fingerprint density at radius 3 is 2.32 bits per heavy atom. The Kier molecular flexibility index (Phi) is 16.0. The molecule has 0 spiro atoms. The number of hydrogen-bond donors (Lipinski definition) is 1. The number of aliphatic hydroxyl groups is 1. The second-order valence-corrected chi connectivity index (χ2v) is 17.5. The van der Waals surface area contributed by atoms with Gasteiger partial charge in [0, 0.05) is 19.1 Å². The molecule has 1 aliphatic carbocycles. The largest absolute Gasteiger partial charge is 2.00 e. The molecule has 0 radical (unpaired) electrons. The number of ketones is 1. The molecule has 0 amide bonds. The quantitative estimate of drug-likeness (QED) is 0.0623. The molecule has 3 aliphatic rings. The number of hydrogen-bond acceptors (Lipinski definition) is 5. The second-order valence-electron chi connectivity index (χ2n) is 17.5. The maximum Gasteiger partial charge on any atom is 2.00 e. The first-order valence-electron chi connectivity index (χ1n) is 21.7. The molecule has 0 aromatic carbocycles. The predicted molar refractivity (Wildman–Crippen MR) is 243 cm³/mol. The summed E-state index contributed by atoms with van der Waals surface area (Å²) < 4.78 is 11.2. The summed E-state index contributed by atoms with van der Waals surface area (Å²) in [5, 5.41) is 18.2. The van der Waals surface area contributed by atoms with Crippen LogP contribution < -0.4 is 25.7 Å². The van der Waals surface area contributed by atoms with Gasteiger partial charge in [0.1, 0.15) is 6.61 Å². The first-order valence-corrected chi connectivity index (χ1v) is 21.7. The second kappa shape index (κ2) is 20.4. The van der Waals surface area contributed by atoms with Crippen LogP contribution >= 0.6 is 0 Å². The maximum absolute atomic E-state index is 14.4. The monoisotopic (exact) mass is 824 g/mol. The summed E-state index contributed by atoms with van der Waals surface area (Å²) in [6.07, 6.45) is 17.0. The van der Waals surface area contributed by atoms with E-state index in [4.69, 9.17) is 29.7 Å². The molecule has 1 unspecified atom stereocenters. The molecule has 8 bridgehead atoms. The zero-order chi connectivity index (χ0) is 42.7. The van der Waals surface area contributed by atoms with Crippen LogP contribution in [0.4, 0.5) is 0 Å². The third-order valence-electron chi connectivity index (χ3n) is 13.0. The van der Waals surface area contributed by atoms with Gasteiger partial charge in [0.15, 0.2) is 12.1 Å². The molecule has 5 atom stereocenters. The Bertz CT molecular complexity index is 2300. The Hall–Kier alpha value is -3.83. The number of esters is 1. The van der Waals surface area contributed by atoms with Crippen molar-refractivity contribution in [3.8, 4) is 0 Å². The molecular formula is C50H64MgN4O5-2. The number of carbonyl (C=O) groups excluding carboxylic acids is 2. The summed E-state index contributed by atoms with van der Waals surface area (Å²) in [6, 6.07) is 0. The average molecular weight is 825 g/mol. The normalized spacial score (nSPS) is 22.6. The van der Waals surface area contributed by atoms with Gasteiger partial charge in [0.05, 0.1) is 5.92 Å². The standard InChI is InChI=1S/C50H65N4O5.Mg/c1-12-34-30(7)37-24-39-32(9)36(20-21-43(55)59-23-22-29(6)19-15-18-28(5)17-14-16-27(3)4)47(53-39)45-46(50(57)58-11)49(56)44-33(10)40(54-48(44)45)26-42-35(13-2)31(8)38(52-42)25-41(34)51-37;/h12,22,24-28,32,36,46,50,57H,1,13-21,23H2,2-11H3,(H-,53,54,56);/q-3;+2/p-1/b29-22-,38-25-,39-24-,42-26-;/t28-,32+,36+,46-,50?;/m1./s1.